The van der Waals surface area contributed by atoms with Gasteiger partial charge in [0.25, 0.3) is 5.91 Å². The van der Waals surface area contributed by atoms with Crippen LogP contribution in [0.2, 0.25) is 0 Å². The molecular weight excluding hydrogens is 313 g/mol. The fourth-order valence-corrected chi connectivity index (χ4v) is 3.17. The summed E-state index contributed by atoms with van der Waals surface area (Å²) in [5.74, 6) is -0.771. The van der Waals surface area contributed by atoms with Gasteiger partial charge >= 0.3 is 0 Å². The largest absolute Gasteiger partial charge is 0.391 e. The summed E-state index contributed by atoms with van der Waals surface area (Å²) in [6, 6.07) is 3.84. The number of aromatic nitrogens is 4. The number of aliphatic hydroxyl groups is 1. The summed E-state index contributed by atoms with van der Waals surface area (Å²) in [4.78, 5) is 14.2. The summed E-state index contributed by atoms with van der Waals surface area (Å²) in [7, 11) is 1.61. The topological polar surface area (TPSA) is 95.0 Å². The van der Waals surface area contributed by atoms with Crippen molar-refractivity contribution >= 4 is 5.91 Å². The van der Waals surface area contributed by atoms with Gasteiger partial charge in [0.05, 0.1) is 17.7 Å². The summed E-state index contributed by atoms with van der Waals surface area (Å²) in [6.45, 7) is 0. The van der Waals surface area contributed by atoms with Gasteiger partial charge in [-0.25, -0.2) is 4.39 Å². The predicted molar refractivity (Wildman–Crippen MR) is 84.5 cm³/mol. The van der Waals surface area contributed by atoms with Crippen LogP contribution in [0.5, 0.6) is 0 Å². The maximum absolute atomic E-state index is 14.2. The number of nitrogens with one attached hydrogen (secondary N) is 1. The van der Waals surface area contributed by atoms with Gasteiger partial charge in [0, 0.05) is 12.6 Å². The van der Waals surface area contributed by atoms with Crippen LogP contribution >= 0.6 is 0 Å². The minimum absolute atomic E-state index is 0.0590. The average Bonchev–Trinajstić information content (AvgIpc) is 3.03. The second-order valence-corrected chi connectivity index (χ2v) is 6.12. The molecular formula is C16H20FN5O2. The van der Waals surface area contributed by atoms with E-state index in [0.717, 1.165) is 25.7 Å². The van der Waals surface area contributed by atoms with Crippen LogP contribution in [-0.2, 0) is 0 Å². The third kappa shape index (κ3) is 3.28. The molecule has 24 heavy (non-hydrogen) atoms. The predicted octanol–water partition coefficient (Wildman–Crippen LogP) is 1.77. The molecule has 1 aliphatic carbocycles. The van der Waals surface area contributed by atoms with Crippen molar-refractivity contribution in [3.63, 3.8) is 0 Å². The molecule has 128 valence electrons. The number of aliphatic hydroxyl groups excluding tert-OH is 1. The highest BCUT2D eigenvalue weighted by Gasteiger charge is 2.30. The Balaban J connectivity index is 1.87. The number of nitrogens with zero attached hydrogens (tertiary/aromatic N) is 4. The number of amides is 1. The second kappa shape index (κ2) is 7.04. The molecule has 1 saturated carbocycles. The minimum Gasteiger partial charge on any atom is -0.391 e. The number of halogens is 1. The molecule has 1 aliphatic rings. The van der Waals surface area contributed by atoms with Crippen molar-refractivity contribution in [2.24, 2.45) is 0 Å². The van der Waals surface area contributed by atoms with E-state index in [-0.39, 0.29) is 11.6 Å². The van der Waals surface area contributed by atoms with Crippen LogP contribution in [0.4, 0.5) is 4.39 Å². The zero-order valence-corrected chi connectivity index (χ0v) is 13.4. The zero-order valence-electron chi connectivity index (χ0n) is 13.4. The van der Waals surface area contributed by atoms with Gasteiger partial charge in [0.2, 0.25) is 5.82 Å². The van der Waals surface area contributed by atoms with Crippen LogP contribution in [0.1, 0.15) is 42.5 Å². The minimum atomic E-state index is -0.609. The lowest BCUT2D eigenvalue weighted by atomic mass is 10.0. The van der Waals surface area contributed by atoms with Crippen molar-refractivity contribution in [3.8, 4) is 11.4 Å². The molecule has 8 heteroatoms. The lowest BCUT2D eigenvalue weighted by molar-refractivity contribution is 0.0414. The maximum Gasteiger partial charge on any atom is 0.256 e. The van der Waals surface area contributed by atoms with E-state index >= 15 is 0 Å². The highest BCUT2D eigenvalue weighted by molar-refractivity contribution is 5.95. The van der Waals surface area contributed by atoms with E-state index in [9.17, 15) is 14.3 Å². The molecule has 0 saturated heterocycles. The number of carbonyl (C=O) groups is 1. The first-order valence-corrected chi connectivity index (χ1v) is 8.06. The summed E-state index contributed by atoms with van der Waals surface area (Å²) in [6.07, 6.45) is 3.73. The van der Waals surface area contributed by atoms with E-state index in [1.54, 1.807) is 7.05 Å². The van der Waals surface area contributed by atoms with E-state index in [4.69, 9.17) is 0 Å². The number of aromatic amines is 1. The van der Waals surface area contributed by atoms with Gasteiger partial charge in [-0.05, 0) is 36.3 Å². The Hall–Kier alpha value is -2.35. The number of hydrogen-bond acceptors (Lipinski definition) is 5. The number of tetrazole rings is 1. The van der Waals surface area contributed by atoms with Crippen molar-refractivity contribution in [1.29, 1.82) is 0 Å². The van der Waals surface area contributed by atoms with Crippen molar-refractivity contribution < 1.29 is 14.3 Å². The molecule has 0 radical (unpaired) electrons. The summed E-state index contributed by atoms with van der Waals surface area (Å²) in [5, 5.41) is 23.7. The second-order valence-electron chi connectivity index (χ2n) is 6.12. The van der Waals surface area contributed by atoms with E-state index in [0.29, 0.717) is 17.8 Å². The maximum atomic E-state index is 14.2. The highest BCUT2D eigenvalue weighted by Crippen LogP contribution is 2.25. The number of H-pyrrole nitrogens is 1. The number of likely N-dealkylation sites (N-methyl/N-ethyl adjacent to an activating group) is 1. The van der Waals surface area contributed by atoms with Crippen LogP contribution in [0, 0.1) is 5.82 Å². The number of hydrogen-bond donors (Lipinski definition) is 2. The lowest BCUT2D eigenvalue weighted by Crippen LogP contribution is -2.44. The number of rotatable bonds is 3. The fourth-order valence-electron chi connectivity index (χ4n) is 3.17. The Kier molecular flexibility index (Phi) is 4.84. The molecule has 2 N–H and O–H groups in total. The summed E-state index contributed by atoms with van der Waals surface area (Å²) in [5.41, 5.74) is 0.444. The smallest absolute Gasteiger partial charge is 0.256 e. The van der Waals surface area contributed by atoms with Crippen LogP contribution < -0.4 is 0 Å². The normalized spacial score (nSPS) is 21.3. The third-order valence-corrected chi connectivity index (χ3v) is 4.56. The van der Waals surface area contributed by atoms with Gasteiger partial charge in [-0.15, -0.1) is 10.2 Å². The average molecular weight is 333 g/mol. The van der Waals surface area contributed by atoms with Gasteiger partial charge < -0.3 is 10.0 Å². The molecule has 1 aromatic carbocycles. The SMILES string of the molecule is CN(C(=O)c1cc(-c2nn[nH]n2)ccc1F)[C@@H]1CCCCC[C@H]1O. The molecule has 1 fully saturated rings. The van der Waals surface area contributed by atoms with Crippen LogP contribution in [-0.4, -0.2) is 55.7 Å². The standard InChI is InChI=1S/C16H20FN5O2/c1-22(13-5-3-2-4-6-14(13)23)16(24)11-9-10(7-8-12(11)17)15-18-20-21-19-15/h7-9,13-14,23H,2-6H2,1H3,(H,18,19,20,21)/t13-,14-/m1/s1. The Labute approximate surface area is 138 Å². The molecule has 2 aromatic rings. The van der Waals surface area contributed by atoms with E-state index in [1.807, 2.05) is 0 Å². The van der Waals surface area contributed by atoms with E-state index in [2.05, 4.69) is 20.6 Å². The molecule has 1 heterocycles. The molecule has 7 nitrogen and oxygen atoms in total. The van der Waals surface area contributed by atoms with Gasteiger partial charge in [-0.2, -0.15) is 5.21 Å². The van der Waals surface area contributed by atoms with Gasteiger partial charge in [-0.1, -0.05) is 19.3 Å². The van der Waals surface area contributed by atoms with Gasteiger partial charge in [0.15, 0.2) is 0 Å². The Morgan fingerprint density at radius 2 is 2.12 bits per heavy atom. The fraction of sp³-hybridized carbons (Fsp3) is 0.500. The number of benzene rings is 1. The van der Waals surface area contributed by atoms with Crippen molar-refractivity contribution in [3.05, 3.63) is 29.6 Å². The molecule has 2 atom stereocenters. The highest BCUT2D eigenvalue weighted by atomic mass is 19.1. The molecule has 1 amide bonds. The van der Waals surface area contributed by atoms with Gasteiger partial charge in [-0.3, -0.25) is 4.79 Å². The Morgan fingerprint density at radius 1 is 1.33 bits per heavy atom. The van der Waals surface area contributed by atoms with Gasteiger partial charge in [0.1, 0.15) is 5.82 Å². The van der Waals surface area contributed by atoms with Crippen LogP contribution in [0.15, 0.2) is 18.2 Å². The quantitative estimate of drug-likeness (QED) is 0.835. The van der Waals surface area contributed by atoms with Crippen LogP contribution in [0.25, 0.3) is 11.4 Å². The summed E-state index contributed by atoms with van der Waals surface area (Å²) < 4.78 is 14.2. The van der Waals surface area contributed by atoms with E-state index in [1.165, 1.54) is 23.1 Å². The first kappa shape index (κ1) is 16.5. The Morgan fingerprint density at radius 3 is 2.88 bits per heavy atom. The molecule has 1 aromatic heterocycles. The molecule has 0 unspecified atom stereocenters. The zero-order chi connectivity index (χ0) is 17.1. The van der Waals surface area contributed by atoms with Crippen molar-refractivity contribution in [1.82, 2.24) is 25.5 Å². The monoisotopic (exact) mass is 333 g/mol. The first-order valence-electron chi connectivity index (χ1n) is 8.06. The van der Waals surface area contributed by atoms with Crippen LogP contribution in [0.3, 0.4) is 0 Å². The Bertz CT molecular complexity index is 706. The molecule has 0 bridgehead atoms. The third-order valence-electron chi connectivity index (χ3n) is 4.56. The van der Waals surface area contributed by atoms with Crippen molar-refractivity contribution in [2.75, 3.05) is 7.05 Å². The number of carbonyl (C=O) groups excluding carboxylic acids is 1. The molecule has 0 spiro atoms. The molecule has 3 rings (SSSR count). The van der Waals surface area contributed by atoms with E-state index < -0.39 is 17.8 Å². The first-order chi connectivity index (χ1) is 11.6. The summed E-state index contributed by atoms with van der Waals surface area (Å²) >= 11 is 0. The molecule has 0 aliphatic heterocycles. The van der Waals surface area contributed by atoms with Crippen molar-refractivity contribution in [2.45, 2.75) is 44.2 Å². The lowest BCUT2D eigenvalue weighted by Gasteiger charge is -2.31.